The van der Waals surface area contributed by atoms with Gasteiger partial charge in [-0.2, -0.15) is 0 Å². The van der Waals surface area contributed by atoms with Gasteiger partial charge in [0.2, 0.25) is 0 Å². The van der Waals surface area contributed by atoms with E-state index in [2.05, 4.69) is 10.3 Å². The Kier molecular flexibility index (Phi) is 4.02. The van der Waals surface area contributed by atoms with Crippen molar-refractivity contribution in [2.75, 3.05) is 11.1 Å². The summed E-state index contributed by atoms with van der Waals surface area (Å²) in [4.78, 5) is 16.2. The van der Waals surface area contributed by atoms with Gasteiger partial charge in [-0.1, -0.05) is 18.5 Å². The lowest BCUT2D eigenvalue weighted by Crippen LogP contribution is -2.13. The fourth-order valence-electron chi connectivity index (χ4n) is 1.66. The summed E-state index contributed by atoms with van der Waals surface area (Å²) in [7, 11) is 0. The minimum Gasteiger partial charge on any atom is -0.384 e. The van der Waals surface area contributed by atoms with Gasteiger partial charge in [0.15, 0.2) is 0 Å². The second-order valence-electron chi connectivity index (χ2n) is 4.09. The van der Waals surface area contributed by atoms with Crippen molar-refractivity contribution in [2.45, 2.75) is 13.3 Å². The first-order valence-electron chi connectivity index (χ1n) is 5.92. The summed E-state index contributed by atoms with van der Waals surface area (Å²) < 4.78 is 0. The van der Waals surface area contributed by atoms with Crippen molar-refractivity contribution in [2.24, 2.45) is 0 Å². The monoisotopic (exact) mass is 275 g/mol. The number of pyridine rings is 1. The zero-order chi connectivity index (χ0) is 13.8. The number of carbonyl (C=O) groups is 1. The molecular formula is C14H14ClN3O. The molecule has 98 valence electrons. The topological polar surface area (TPSA) is 68.0 Å². The Labute approximate surface area is 116 Å². The van der Waals surface area contributed by atoms with E-state index in [0.717, 1.165) is 12.1 Å². The number of anilines is 2. The molecule has 0 spiro atoms. The van der Waals surface area contributed by atoms with E-state index >= 15 is 0 Å². The lowest BCUT2D eigenvalue weighted by molar-refractivity contribution is 0.102. The molecule has 0 saturated carbocycles. The van der Waals surface area contributed by atoms with Gasteiger partial charge in [-0.3, -0.25) is 4.79 Å². The molecule has 19 heavy (non-hydrogen) atoms. The van der Waals surface area contributed by atoms with Crippen molar-refractivity contribution in [3.63, 3.8) is 0 Å². The zero-order valence-electron chi connectivity index (χ0n) is 10.5. The minimum absolute atomic E-state index is 0.217. The number of halogens is 1. The van der Waals surface area contributed by atoms with Gasteiger partial charge in [-0.15, -0.1) is 0 Å². The first-order chi connectivity index (χ1) is 9.08. The maximum absolute atomic E-state index is 12.1. The third-order valence-electron chi connectivity index (χ3n) is 2.62. The van der Waals surface area contributed by atoms with Crippen LogP contribution in [0.5, 0.6) is 0 Å². The summed E-state index contributed by atoms with van der Waals surface area (Å²) in [5.41, 5.74) is 7.65. The molecule has 4 nitrogen and oxygen atoms in total. The fraction of sp³-hybridized carbons (Fsp3) is 0.143. The summed E-state index contributed by atoms with van der Waals surface area (Å²) in [6.45, 7) is 1.96. The van der Waals surface area contributed by atoms with Crippen LogP contribution in [0.4, 0.5) is 11.5 Å². The minimum atomic E-state index is -0.217. The molecule has 1 aromatic heterocycles. The second-order valence-corrected chi connectivity index (χ2v) is 4.52. The number of hydrogen-bond donors (Lipinski definition) is 2. The molecule has 0 radical (unpaired) electrons. The van der Waals surface area contributed by atoms with Crippen molar-refractivity contribution in [1.82, 2.24) is 4.98 Å². The predicted molar refractivity (Wildman–Crippen MR) is 77.4 cm³/mol. The molecule has 5 heteroatoms. The van der Waals surface area contributed by atoms with Crippen LogP contribution in [-0.4, -0.2) is 10.9 Å². The zero-order valence-corrected chi connectivity index (χ0v) is 11.2. The highest BCUT2D eigenvalue weighted by Crippen LogP contribution is 2.15. The van der Waals surface area contributed by atoms with Crippen molar-refractivity contribution in [3.8, 4) is 0 Å². The maximum atomic E-state index is 12.1. The Morgan fingerprint density at radius 3 is 2.63 bits per heavy atom. The summed E-state index contributed by atoms with van der Waals surface area (Å²) in [5, 5.41) is 3.41. The third-order valence-corrected chi connectivity index (χ3v) is 2.88. The Balaban J connectivity index is 2.20. The van der Waals surface area contributed by atoms with Crippen LogP contribution in [0.25, 0.3) is 0 Å². The molecule has 0 unspecified atom stereocenters. The molecule has 1 heterocycles. The highest BCUT2D eigenvalue weighted by Gasteiger charge is 2.08. The van der Waals surface area contributed by atoms with Gasteiger partial charge in [0, 0.05) is 22.0 Å². The molecule has 0 saturated heterocycles. The average Bonchev–Trinajstić information content (AvgIpc) is 2.40. The number of aryl methyl sites for hydroxylation is 1. The molecule has 3 N–H and O–H groups in total. The van der Waals surface area contributed by atoms with E-state index in [-0.39, 0.29) is 5.91 Å². The Morgan fingerprint density at radius 1 is 1.32 bits per heavy atom. The second kappa shape index (κ2) is 5.71. The Morgan fingerprint density at radius 2 is 2.00 bits per heavy atom. The number of nitrogens with zero attached hydrogens (tertiary/aromatic N) is 1. The van der Waals surface area contributed by atoms with Crippen LogP contribution in [0.1, 0.15) is 23.0 Å². The first kappa shape index (κ1) is 13.4. The van der Waals surface area contributed by atoms with E-state index in [1.54, 1.807) is 36.4 Å². The van der Waals surface area contributed by atoms with Crippen LogP contribution in [0.15, 0.2) is 36.4 Å². The van der Waals surface area contributed by atoms with Crippen LogP contribution in [-0.2, 0) is 6.42 Å². The van der Waals surface area contributed by atoms with E-state index in [0.29, 0.717) is 22.1 Å². The highest BCUT2D eigenvalue weighted by atomic mass is 35.5. The largest absolute Gasteiger partial charge is 0.384 e. The van der Waals surface area contributed by atoms with Crippen molar-refractivity contribution >= 4 is 29.0 Å². The summed E-state index contributed by atoms with van der Waals surface area (Å²) in [6, 6.07) is 10.2. The molecule has 2 rings (SSSR count). The smallest absolute Gasteiger partial charge is 0.255 e. The molecule has 2 aromatic rings. The molecule has 0 aliphatic heterocycles. The average molecular weight is 276 g/mol. The number of rotatable bonds is 3. The third kappa shape index (κ3) is 3.45. The van der Waals surface area contributed by atoms with E-state index in [4.69, 9.17) is 17.3 Å². The van der Waals surface area contributed by atoms with E-state index in [1.165, 1.54) is 0 Å². The molecular weight excluding hydrogens is 262 g/mol. The van der Waals surface area contributed by atoms with Gasteiger partial charge < -0.3 is 11.1 Å². The quantitative estimate of drug-likeness (QED) is 0.904. The van der Waals surface area contributed by atoms with Gasteiger partial charge >= 0.3 is 0 Å². The summed E-state index contributed by atoms with van der Waals surface area (Å²) in [6.07, 6.45) is 0.728. The highest BCUT2D eigenvalue weighted by molar-refractivity contribution is 6.30. The summed E-state index contributed by atoms with van der Waals surface area (Å²) >= 11 is 5.79. The first-order valence-corrected chi connectivity index (χ1v) is 6.29. The molecule has 1 amide bonds. The van der Waals surface area contributed by atoms with Crippen LogP contribution in [0, 0.1) is 0 Å². The van der Waals surface area contributed by atoms with Gasteiger partial charge in [-0.25, -0.2) is 4.98 Å². The van der Waals surface area contributed by atoms with E-state index in [9.17, 15) is 4.79 Å². The molecule has 0 fully saturated rings. The SMILES string of the molecule is CCc1cc(C(=O)Nc2ccc(Cl)cc2)cc(N)n1. The fourth-order valence-corrected chi connectivity index (χ4v) is 1.79. The van der Waals surface area contributed by atoms with E-state index < -0.39 is 0 Å². The van der Waals surface area contributed by atoms with Gasteiger partial charge in [-0.05, 0) is 42.8 Å². The number of benzene rings is 1. The number of nitrogen functional groups attached to an aromatic ring is 1. The number of nitrogens with two attached hydrogens (primary N) is 1. The number of aromatic nitrogens is 1. The van der Waals surface area contributed by atoms with Crippen molar-refractivity contribution < 1.29 is 4.79 Å². The molecule has 1 aromatic carbocycles. The van der Waals surface area contributed by atoms with Crippen LogP contribution in [0.2, 0.25) is 5.02 Å². The summed E-state index contributed by atoms with van der Waals surface area (Å²) in [5.74, 6) is 0.131. The Hall–Kier alpha value is -2.07. The standard InChI is InChI=1S/C14H14ClN3O/c1-2-11-7-9(8-13(16)17-11)14(19)18-12-5-3-10(15)4-6-12/h3-8H,2H2,1H3,(H2,16,17)(H,18,19). The lowest BCUT2D eigenvalue weighted by atomic mass is 10.1. The van der Waals surface area contributed by atoms with Crippen LogP contribution < -0.4 is 11.1 Å². The Bertz CT molecular complexity index is 596. The number of carbonyl (C=O) groups excluding carboxylic acids is 1. The van der Waals surface area contributed by atoms with Crippen molar-refractivity contribution in [3.05, 3.63) is 52.7 Å². The number of amides is 1. The van der Waals surface area contributed by atoms with Gasteiger partial charge in [0.05, 0.1) is 0 Å². The lowest BCUT2D eigenvalue weighted by Gasteiger charge is -2.07. The molecule has 0 atom stereocenters. The maximum Gasteiger partial charge on any atom is 0.255 e. The number of hydrogen-bond acceptors (Lipinski definition) is 3. The predicted octanol–water partition coefficient (Wildman–Crippen LogP) is 3.13. The van der Waals surface area contributed by atoms with Crippen LogP contribution in [0.3, 0.4) is 0 Å². The normalized spacial score (nSPS) is 10.2. The number of nitrogens with one attached hydrogen (secondary N) is 1. The van der Waals surface area contributed by atoms with Crippen molar-refractivity contribution in [1.29, 1.82) is 0 Å². The molecule has 0 aliphatic carbocycles. The molecule has 0 aliphatic rings. The van der Waals surface area contributed by atoms with Gasteiger partial charge in [0.1, 0.15) is 5.82 Å². The molecule has 0 bridgehead atoms. The van der Waals surface area contributed by atoms with Crippen LogP contribution >= 0.6 is 11.6 Å². The van der Waals surface area contributed by atoms with Gasteiger partial charge in [0.25, 0.3) is 5.91 Å². The van der Waals surface area contributed by atoms with E-state index in [1.807, 2.05) is 6.92 Å².